The molecule has 3 saturated carbocycles. The molecule has 0 spiro atoms. The SMILES string of the molecule is NN/C(=C\NC12CC(F)(C1)C2)C(=O)NCc1nnc(-c2ccccc2)s1.[HH]. The van der Waals surface area contributed by atoms with Crippen molar-refractivity contribution in [2.24, 2.45) is 5.84 Å². The van der Waals surface area contributed by atoms with E-state index in [4.69, 9.17) is 5.84 Å². The summed E-state index contributed by atoms with van der Waals surface area (Å²) in [4.78, 5) is 12.2. The van der Waals surface area contributed by atoms with E-state index < -0.39 is 5.67 Å². The first-order chi connectivity index (χ1) is 12.5. The molecule has 5 N–H and O–H groups in total. The number of hydrazine groups is 1. The van der Waals surface area contributed by atoms with E-state index in [9.17, 15) is 9.18 Å². The minimum Gasteiger partial charge on any atom is -0.383 e. The Morgan fingerprint density at radius 1 is 1.31 bits per heavy atom. The second kappa shape index (κ2) is 6.33. The van der Waals surface area contributed by atoms with Crippen LogP contribution in [0.3, 0.4) is 0 Å². The van der Waals surface area contributed by atoms with Crippen LogP contribution in [0.15, 0.2) is 42.2 Å². The summed E-state index contributed by atoms with van der Waals surface area (Å²) in [5.41, 5.74) is 2.35. The summed E-state index contributed by atoms with van der Waals surface area (Å²) in [6.45, 7) is 0.251. The number of carbonyl (C=O) groups excluding carboxylic acids is 1. The fourth-order valence-electron chi connectivity index (χ4n) is 3.49. The molecule has 138 valence electrons. The van der Waals surface area contributed by atoms with Gasteiger partial charge in [-0.25, -0.2) is 4.39 Å². The summed E-state index contributed by atoms with van der Waals surface area (Å²) in [5, 5.41) is 15.6. The van der Waals surface area contributed by atoms with Gasteiger partial charge in [0.2, 0.25) is 0 Å². The third kappa shape index (κ3) is 3.15. The van der Waals surface area contributed by atoms with Crippen LogP contribution in [0.2, 0.25) is 0 Å². The zero-order chi connectivity index (χ0) is 18.2. The largest absolute Gasteiger partial charge is 0.383 e. The maximum Gasteiger partial charge on any atom is 0.270 e. The first-order valence-corrected chi connectivity index (χ1v) is 9.12. The number of aromatic nitrogens is 2. The number of nitrogens with zero attached hydrogens (tertiary/aromatic N) is 2. The molecule has 26 heavy (non-hydrogen) atoms. The maximum absolute atomic E-state index is 13.5. The van der Waals surface area contributed by atoms with E-state index in [1.807, 2.05) is 30.3 Å². The molecule has 0 radical (unpaired) electrons. The highest BCUT2D eigenvalue weighted by Crippen LogP contribution is 2.62. The van der Waals surface area contributed by atoms with Crippen LogP contribution >= 0.6 is 11.3 Å². The molecule has 2 aromatic rings. The van der Waals surface area contributed by atoms with Gasteiger partial charge >= 0.3 is 0 Å². The molecule has 2 bridgehead atoms. The number of nitrogens with two attached hydrogens (primary N) is 1. The molecule has 0 atom stereocenters. The molecule has 0 saturated heterocycles. The molecule has 1 heterocycles. The predicted molar refractivity (Wildman–Crippen MR) is 98.3 cm³/mol. The lowest BCUT2D eigenvalue weighted by Crippen LogP contribution is -2.75. The predicted octanol–water partition coefficient (Wildman–Crippen LogP) is 1.61. The van der Waals surface area contributed by atoms with Crippen LogP contribution in [0.1, 0.15) is 25.7 Å². The molecular weight excluding hydrogens is 355 g/mol. The van der Waals surface area contributed by atoms with Crippen LogP contribution in [0.4, 0.5) is 4.39 Å². The third-order valence-corrected chi connectivity index (χ3v) is 5.75. The van der Waals surface area contributed by atoms with Crippen molar-refractivity contribution in [2.45, 2.75) is 37.0 Å². The van der Waals surface area contributed by atoms with Crippen LogP contribution in [-0.2, 0) is 11.3 Å². The van der Waals surface area contributed by atoms with Gasteiger partial charge in [0.15, 0.2) is 0 Å². The highest BCUT2D eigenvalue weighted by Gasteiger charge is 2.69. The van der Waals surface area contributed by atoms with E-state index >= 15 is 0 Å². The summed E-state index contributed by atoms with van der Waals surface area (Å²) in [6, 6.07) is 9.73. The normalized spacial score (nSPS) is 26.5. The smallest absolute Gasteiger partial charge is 0.270 e. The van der Waals surface area contributed by atoms with Gasteiger partial charge in [0.1, 0.15) is 21.4 Å². The van der Waals surface area contributed by atoms with Crippen molar-refractivity contribution < 1.29 is 10.6 Å². The van der Waals surface area contributed by atoms with Gasteiger partial charge in [0.05, 0.1) is 6.54 Å². The molecular formula is C17H21FN6OS. The van der Waals surface area contributed by atoms with E-state index in [1.54, 1.807) is 0 Å². The second-order valence-corrected chi connectivity index (χ2v) is 7.92. The minimum atomic E-state index is -0.992. The summed E-state index contributed by atoms with van der Waals surface area (Å²) in [5.74, 6) is 5.07. The summed E-state index contributed by atoms with van der Waals surface area (Å²) < 4.78 is 13.5. The number of alkyl halides is 1. The molecule has 3 aliphatic carbocycles. The zero-order valence-electron chi connectivity index (χ0n) is 14.0. The number of carbonyl (C=O) groups is 1. The second-order valence-electron chi connectivity index (χ2n) is 6.86. The quantitative estimate of drug-likeness (QED) is 0.332. The van der Waals surface area contributed by atoms with E-state index in [2.05, 4.69) is 26.3 Å². The molecule has 3 aliphatic rings. The van der Waals surface area contributed by atoms with Crippen LogP contribution in [-0.4, -0.2) is 27.3 Å². The van der Waals surface area contributed by atoms with Gasteiger partial charge < -0.3 is 16.1 Å². The zero-order valence-corrected chi connectivity index (χ0v) is 14.8. The van der Waals surface area contributed by atoms with Gasteiger partial charge in [-0.15, -0.1) is 10.2 Å². The van der Waals surface area contributed by atoms with Crippen molar-refractivity contribution in [3.8, 4) is 10.6 Å². The number of hydrogen-bond donors (Lipinski definition) is 4. The maximum atomic E-state index is 13.5. The van der Waals surface area contributed by atoms with E-state index in [-0.39, 0.29) is 25.1 Å². The van der Waals surface area contributed by atoms with Gasteiger partial charge in [-0.05, 0) is 0 Å². The Hall–Kier alpha value is -2.52. The fraction of sp³-hybridized carbons (Fsp3) is 0.353. The third-order valence-electron chi connectivity index (χ3n) is 4.78. The van der Waals surface area contributed by atoms with Gasteiger partial charge in [0.25, 0.3) is 5.91 Å². The average molecular weight is 376 g/mol. The number of rotatable bonds is 7. The van der Waals surface area contributed by atoms with Gasteiger partial charge in [-0.1, -0.05) is 41.7 Å². The van der Waals surface area contributed by atoms with Crippen LogP contribution in [0.5, 0.6) is 0 Å². The van der Waals surface area contributed by atoms with Gasteiger partial charge in [-0.3, -0.25) is 10.6 Å². The number of benzene rings is 1. The Morgan fingerprint density at radius 3 is 2.69 bits per heavy atom. The van der Waals surface area contributed by atoms with E-state index in [0.29, 0.717) is 24.3 Å². The van der Waals surface area contributed by atoms with Crippen molar-refractivity contribution >= 4 is 17.2 Å². The number of halogens is 1. The van der Waals surface area contributed by atoms with E-state index in [1.165, 1.54) is 17.5 Å². The van der Waals surface area contributed by atoms with Crippen molar-refractivity contribution in [2.75, 3.05) is 0 Å². The Kier molecular flexibility index (Phi) is 4.12. The molecule has 0 unspecified atom stereocenters. The standard InChI is InChI=1S/C17H19FN6OS.H2/c18-16-8-17(9-16,10-16)21-6-12(22-19)14(25)20-7-13-23-24-15(26-13)11-4-2-1-3-5-11;/h1-6,21-22H,7-10,19H2,(H,20,25);1H/b12-6-;. The monoisotopic (exact) mass is 376 g/mol. The van der Waals surface area contributed by atoms with Crippen molar-refractivity contribution in [3.63, 3.8) is 0 Å². The Morgan fingerprint density at radius 2 is 2.04 bits per heavy atom. The fourth-order valence-corrected chi connectivity index (χ4v) is 4.27. The first kappa shape index (κ1) is 16.9. The molecule has 7 nitrogen and oxygen atoms in total. The molecule has 9 heteroatoms. The summed E-state index contributed by atoms with van der Waals surface area (Å²) >= 11 is 1.42. The highest BCUT2D eigenvalue weighted by molar-refractivity contribution is 7.14. The average Bonchev–Trinajstić information content (AvgIpc) is 3.07. The molecule has 0 aliphatic heterocycles. The van der Waals surface area contributed by atoms with Crippen molar-refractivity contribution in [1.29, 1.82) is 0 Å². The lowest BCUT2D eigenvalue weighted by molar-refractivity contribution is -0.163. The number of amides is 1. The molecule has 1 aromatic carbocycles. The van der Waals surface area contributed by atoms with Crippen molar-refractivity contribution in [1.82, 2.24) is 26.3 Å². The molecule has 3 fully saturated rings. The topological polar surface area (TPSA) is 105 Å². The van der Waals surface area contributed by atoms with Crippen LogP contribution < -0.4 is 21.9 Å². The first-order valence-electron chi connectivity index (χ1n) is 8.30. The van der Waals surface area contributed by atoms with Crippen molar-refractivity contribution in [3.05, 3.63) is 47.2 Å². The summed E-state index contributed by atoms with van der Waals surface area (Å²) in [6.07, 6.45) is 2.98. The van der Waals surface area contributed by atoms with E-state index in [0.717, 1.165) is 10.6 Å². The minimum absolute atomic E-state index is 0. The van der Waals surface area contributed by atoms with Crippen LogP contribution in [0, 0.1) is 0 Å². The lowest BCUT2D eigenvalue weighted by atomic mass is 9.47. The highest BCUT2D eigenvalue weighted by atomic mass is 32.1. The number of nitrogens with one attached hydrogen (secondary N) is 3. The summed E-state index contributed by atoms with van der Waals surface area (Å²) in [7, 11) is 0. The number of hydrogen-bond acceptors (Lipinski definition) is 7. The van der Waals surface area contributed by atoms with Gasteiger partial charge in [0, 0.05) is 38.0 Å². The Balaban J connectivity index is 0.00000210. The molecule has 1 aromatic heterocycles. The molecule has 5 rings (SSSR count). The molecule has 1 amide bonds. The Labute approximate surface area is 155 Å². The van der Waals surface area contributed by atoms with Gasteiger partial charge in [-0.2, -0.15) is 0 Å². The lowest BCUT2D eigenvalue weighted by Gasteiger charge is -2.65. The van der Waals surface area contributed by atoms with Crippen LogP contribution in [0.25, 0.3) is 10.6 Å². The Bertz CT molecular complexity index is 838.